The van der Waals surface area contributed by atoms with Crippen LogP contribution >= 0.6 is 12.4 Å². The average molecular weight is 331 g/mol. The van der Waals surface area contributed by atoms with E-state index in [1.165, 1.54) is 31.7 Å². The molecular formula is C19H23ClN2O. The molecule has 0 aliphatic carbocycles. The normalized spacial score (nSPS) is 23.3. The largest absolute Gasteiger partial charge is 0.457 e. The van der Waals surface area contributed by atoms with Gasteiger partial charge >= 0.3 is 0 Å². The van der Waals surface area contributed by atoms with Crippen LogP contribution in [-0.2, 0) is 6.54 Å². The summed E-state index contributed by atoms with van der Waals surface area (Å²) in [4.78, 5) is 2.58. The van der Waals surface area contributed by atoms with Crippen molar-refractivity contribution >= 4 is 12.4 Å². The summed E-state index contributed by atoms with van der Waals surface area (Å²) >= 11 is 0. The number of rotatable bonds is 4. The van der Waals surface area contributed by atoms with E-state index >= 15 is 0 Å². The third-order valence-corrected chi connectivity index (χ3v) is 4.75. The lowest BCUT2D eigenvalue weighted by atomic mass is 10.0. The molecule has 2 aliphatic heterocycles. The zero-order valence-corrected chi connectivity index (χ0v) is 14.0. The molecule has 0 unspecified atom stereocenters. The predicted octanol–water partition coefficient (Wildman–Crippen LogP) is 3.55. The van der Waals surface area contributed by atoms with Crippen LogP contribution in [0, 0.1) is 11.8 Å². The van der Waals surface area contributed by atoms with Crippen LogP contribution in [0.5, 0.6) is 11.5 Å². The van der Waals surface area contributed by atoms with Crippen LogP contribution in [0.25, 0.3) is 0 Å². The lowest BCUT2D eigenvalue weighted by molar-refractivity contribution is 0.305. The Balaban J connectivity index is 0.00000156. The second kappa shape index (κ2) is 7.35. The quantitative estimate of drug-likeness (QED) is 0.927. The fourth-order valence-electron chi connectivity index (χ4n) is 3.67. The maximum absolute atomic E-state index is 5.93. The van der Waals surface area contributed by atoms with Crippen LogP contribution in [0.15, 0.2) is 54.6 Å². The van der Waals surface area contributed by atoms with E-state index in [-0.39, 0.29) is 12.4 Å². The Morgan fingerprint density at radius 3 is 2.35 bits per heavy atom. The number of benzene rings is 2. The van der Waals surface area contributed by atoms with Crippen LogP contribution in [0.2, 0.25) is 0 Å². The van der Waals surface area contributed by atoms with Gasteiger partial charge in [0.25, 0.3) is 0 Å². The first kappa shape index (κ1) is 16.3. The maximum atomic E-state index is 5.93. The van der Waals surface area contributed by atoms with Crippen LogP contribution < -0.4 is 10.1 Å². The fourth-order valence-corrected chi connectivity index (χ4v) is 3.67. The molecule has 4 rings (SSSR count). The molecule has 3 nitrogen and oxygen atoms in total. The van der Waals surface area contributed by atoms with Gasteiger partial charge in [-0.05, 0) is 54.8 Å². The van der Waals surface area contributed by atoms with Gasteiger partial charge in [0.2, 0.25) is 0 Å². The van der Waals surface area contributed by atoms with E-state index in [9.17, 15) is 0 Å². The summed E-state index contributed by atoms with van der Waals surface area (Å²) in [5.74, 6) is 3.51. The monoisotopic (exact) mass is 330 g/mol. The van der Waals surface area contributed by atoms with Gasteiger partial charge in [-0.25, -0.2) is 0 Å². The molecule has 0 aromatic heterocycles. The number of nitrogens with one attached hydrogen (secondary N) is 1. The summed E-state index contributed by atoms with van der Waals surface area (Å²) in [7, 11) is 0. The summed E-state index contributed by atoms with van der Waals surface area (Å²) < 4.78 is 5.93. The molecule has 2 atom stereocenters. The molecule has 2 fully saturated rings. The Kier molecular flexibility index (Phi) is 5.21. The van der Waals surface area contributed by atoms with Crippen LogP contribution in [0.4, 0.5) is 0 Å². The summed E-state index contributed by atoms with van der Waals surface area (Å²) in [6.07, 6.45) is 0. The number of ether oxygens (including phenoxy) is 1. The van der Waals surface area contributed by atoms with Gasteiger partial charge in [-0.15, -0.1) is 12.4 Å². The van der Waals surface area contributed by atoms with Crippen molar-refractivity contribution < 1.29 is 4.74 Å². The third-order valence-electron chi connectivity index (χ3n) is 4.75. The molecule has 2 aliphatic rings. The Morgan fingerprint density at radius 2 is 1.61 bits per heavy atom. The molecule has 0 spiro atoms. The van der Waals surface area contributed by atoms with Crippen molar-refractivity contribution in [1.82, 2.24) is 10.2 Å². The van der Waals surface area contributed by atoms with Crippen molar-refractivity contribution in [2.24, 2.45) is 11.8 Å². The van der Waals surface area contributed by atoms with E-state index in [4.69, 9.17) is 4.74 Å². The van der Waals surface area contributed by atoms with Gasteiger partial charge in [0.1, 0.15) is 11.5 Å². The minimum absolute atomic E-state index is 0. The topological polar surface area (TPSA) is 24.5 Å². The summed E-state index contributed by atoms with van der Waals surface area (Å²) in [5.41, 5.74) is 1.33. The molecule has 2 heterocycles. The van der Waals surface area contributed by atoms with Gasteiger partial charge in [-0.3, -0.25) is 4.90 Å². The number of fused-ring (bicyclic) bond motifs is 1. The van der Waals surface area contributed by atoms with Crippen molar-refractivity contribution in [2.75, 3.05) is 26.2 Å². The van der Waals surface area contributed by atoms with Gasteiger partial charge in [0, 0.05) is 19.6 Å². The second-order valence-corrected chi connectivity index (χ2v) is 6.44. The highest BCUT2D eigenvalue weighted by Gasteiger charge is 2.35. The molecule has 2 aromatic rings. The first-order chi connectivity index (χ1) is 10.9. The summed E-state index contributed by atoms with van der Waals surface area (Å²) in [5, 5.41) is 3.50. The number of para-hydroxylation sites is 1. The van der Waals surface area contributed by atoms with E-state index in [0.29, 0.717) is 0 Å². The van der Waals surface area contributed by atoms with Crippen LogP contribution in [0.3, 0.4) is 0 Å². The minimum Gasteiger partial charge on any atom is -0.457 e. The first-order valence-corrected chi connectivity index (χ1v) is 8.12. The molecule has 0 saturated carbocycles. The van der Waals surface area contributed by atoms with Crippen LogP contribution in [-0.4, -0.2) is 31.1 Å². The lowest BCUT2D eigenvalue weighted by Crippen LogP contribution is -2.25. The zero-order chi connectivity index (χ0) is 14.8. The third kappa shape index (κ3) is 3.86. The first-order valence-electron chi connectivity index (χ1n) is 8.12. The van der Waals surface area contributed by atoms with Crippen molar-refractivity contribution in [3.8, 4) is 11.5 Å². The standard InChI is InChI=1S/C19H22N2O.ClH/c1-2-6-18(7-3-1)22-19-8-4-5-15(9-19)12-21-13-16-10-20-11-17(16)14-21;/h1-9,16-17,20H,10-14H2;1H/t16-,17+;. The second-order valence-electron chi connectivity index (χ2n) is 6.44. The molecule has 122 valence electrons. The van der Waals surface area contributed by atoms with E-state index in [1.807, 2.05) is 36.4 Å². The maximum Gasteiger partial charge on any atom is 0.127 e. The number of likely N-dealkylation sites (tertiary alicyclic amines) is 1. The summed E-state index contributed by atoms with van der Waals surface area (Å²) in [6, 6.07) is 18.5. The van der Waals surface area contributed by atoms with Gasteiger partial charge in [-0.1, -0.05) is 30.3 Å². The lowest BCUT2D eigenvalue weighted by Gasteiger charge is -2.17. The minimum atomic E-state index is 0. The van der Waals surface area contributed by atoms with Gasteiger partial charge in [0.05, 0.1) is 0 Å². The Labute approximate surface area is 144 Å². The van der Waals surface area contributed by atoms with E-state index in [1.54, 1.807) is 0 Å². The predicted molar refractivity (Wildman–Crippen MR) is 95.3 cm³/mol. The Hall–Kier alpha value is -1.55. The van der Waals surface area contributed by atoms with Crippen molar-refractivity contribution in [1.29, 1.82) is 0 Å². The molecule has 2 aromatic carbocycles. The fraction of sp³-hybridized carbons (Fsp3) is 0.368. The smallest absolute Gasteiger partial charge is 0.127 e. The summed E-state index contributed by atoms with van der Waals surface area (Å²) in [6.45, 7) is 5.86. The van der Waals surface area contributed by atoms with Crippen molar-refractivity contribution in [3.05, 3.63) is 60.2 Å². The highest BCUT2D eigenvalue weighted by atomic mass is 35.5. The molecule has 0 radical (unpaired) electrons. The van der Waals surface area contributed by atoms with E-state index < -0.39 is 0 Å². The van der Waals surface area contributed by atoms with Gasteiger partial charge < -0.3 is 10.1 Å². The highest BCUT2D eigenvalue weighted by Crippen LogP contribution is 2.28. The average Bonchev–Trinajstić information content (AvgIpc) is 3.10. The molecule has 2 saturated heterocycles. The number of nitrogens with zero attached hydrogens (tertiary/aromatic N) is 1. The van der Waals surface area contributed by atoms with E-state index in [2.05, 4.69) is 28.4 Å². The molecule has 23 heavy (non-hydrogen) atoms. The molecular weight excluding hydrogens is 308 g/mol. The highest BCUT2D eigenvalue weighted by molar-refractivity contribution is 5.85. The molecule has 1 N–H and O–H groups in total. The Bertz CT molecular complexity index is 622. The van der Waals surface area contributed by atoms with E-state index in [0.717, 1.165) is 29.9 Å². The Morgan fingerprint density at radius 1 is 0.913 bits per heavy atom. The SMILES string of the molecule is Cl.c1ccc(Oc2cccc(CN3C[C@H]4CNC[C@H]4C3)c2)cc1. The molecule has 4 heteroatoms. The number of halogens is 1. The van der Waals surface area contributed by atoms with Gasteiger partial charge in [0.15, 0.2) is 0 Å². The van der Waals surface area contributed by atoms with Crippen molar-refractivity contribution in [2.45, 2.75) is 6.54 Å². The zero-order valence-electron chi connectivity index (χ0n) is 13.2. The van der Waals surface area contributed by atoms with Crippen LogP contribution in [0.1, 0.15) is 5.56 Å². The molecule has 0 amide bonds. The number of hydrogen-bond acceptors (Lipinski definition) is 3. The molecule has 0 bridgehead atoms. The number of hydrogen-bond donors (Lipinski definition) is 1. The van der Waals surface area contributed by atoms with Gasteiger partial charge in [-0.2, -0.15) is 0 Å². The van der Waals surface area contributed by atoms with Crippen molar-refractivity contribution in [3.63, 3.8) is 0 Å².